The van der Waals surface area contributed by atoms with Crippen LogP contribution in [0.25, 0.3) is 32.8 Å². The first-order chi connectivity index (χ1) is 30.0. The lowest BCUT2D eigenvalue weighted by molar-refractivity contribution is -0.169. The van der Waals surface area contributed by atoms with Crippen molar-refractivity contribution in [3.63, 3.8) is 0 Å². The van der Waals surface area contributed by atoms with Crippen molar-refractivity contribution in [2.45, 2.75) is 108 Å². The number of carbonyl (C=O) groups is 1. The smallest absolute Gasteiger partial charge is 0.349 e. The molecule has 0 amide bonds. The number of H-pyrrole nitrogens is 1. The average Bonchev–Trinajstić information content (AvgIpc) is 4.10. The van der Waals surface area contributed by atoms with E-state index in [0.29, 0.717) is 40.9 Å². The highest BCUT2D eigenvalue weighted by molar-refractivity contribution is 7.12. The highest BCUT2D eigenvalue weighted by Crippen LogP contribution is 2.42. The standard InChI is InChI=1S/C46H58N8O6S2Si/c1-45(2,3)63(6,7)60-37(32-17-19-36(55)41-33(32)18-20-40(56)49-41)28-47-26-29-25-35-43(42-34(29)27-48-53(42)5)54(51-50-35)22-10-21-52(4)30-13-15-31(16-14-30)59-44(57)46(58,38-11-8-23-61-38)39-12-9-24-62-39/h8-9,11-12,17-20,23-25,27,30-31,37,47,55,58H,10,13-16,21-22,26,28H2,1-7H3,(H,49,56)/t30-,31-,37-/m0/s1. The first-order valence-corrected chi connectivity index (χ1v) is 26.3. The number of rotatable bonds is 16. The lowest BCUT2D eigenvalue weighted by Gasteiger charge is -2.39. The fourth-order valence-corrected chi connectivity index (χ4v) is 11.6. The Morgan fingerprint density at radius 3 is 2.41 bits per heavy atom. The van der Waals surface area contributed by atoms with Crippen molar-refractivity contribution in [1.82, 2.24) is 40.0 Å². The molecule has 8 rings (SSSR count). The Bertz CT molecular complexity index is 2720. The Balaban J connectivity index is 0.906. The summed E-state index contributed by atoms with van der Waals surface area (Å²) in [4.78, 5) is 32.1. The molecule has 1 fully saturated rings. The second-order valence-electron chi connectivity index (χ2n) is 18.4. The predicted octanol–water partition coefficient (Wildman–Crippen LogP) is 7.95. The zero-order valence-corrected chi connectivity index (χ0v) is 39.7. The predicted molar refractivity (Wildman–Crippen MR) is 252 cm³/mol. The van der Waals surface area contributed by atoms with Crippen LogP contribution < -0.4 is 10.9 Å². The van der Waals surface area contributed by atoms with Crippen LogP contribution in [-0.4, -0.2) is 91.4 Å². The first kappa shape index (κ1) is 44.8. The third kappa shape index (κ3) is 9.01. The Morgan fingerprint density at radius 2 is 1.75 bits per heavy atom. The Kier molecular flexibility index (Phi) is 12.8. The van der Waals surface area contributed by atoms with E-state index in [9.17, 15) is 19.8 Å². The number of benzene rings is 2. The third-order valence-corrected chi connectivity index (χ3v) is 19.6. The maximum atomic E-state index is 13.5. The van der Waals surface area contributed by atoms with E-state index in [2.05, 4.69) is 77.6 Å². The van der Waals surface area contributed by atoms with Gasteiger partial charge in [-0.05, 0) is 116 Å². The lowest BCUT2D eigenvalue weighted by Crippen LogP contribution is -2.43. The summed E-state index contributed by atoms with van der Waals surface area (Å²) >= 11 is 2.71. The van der Waals surface area contributed by atoms with E-state index < -0.39 is 19.9 Å². The molecule has 63 heavy (non-hydrogen) atoms. The normalized spacial score (nSPS) is 17.0. The van der Waals surface area contributed by atoms with Crippen LogP contribution in [0.5, 0.6) is 5.75 Å². The molecule has 0 spiro atoms. The molecule has 1 saturated carbocycles. The molecule has 334 valence electrons. The molecule has 0 saturated heterocycles. The third-order valence-electron chi connectivity index (χ3n) is 13.2. The second-order valence-corrected chi connectivity index (χ2v) is 25.0. The number of aromatic hydroxyl groups is 1. The molecule has 14 nitrogen and oxygen atoms in total. The summed E-state index contributed by atoms with van der Waals surface area (Å²) in [5, 5.41) is 45.4. The van der Waals surface area contributed by atoms with Gasteiger partial charge in [-0.3, -0.25) is 9.48 Å². The number of pyridine rings is 1. The van der Waals surface area contributed by atoms with Crippen LogP contribution in [-0.2, 0) is 39.7 Å². The number of carbonyl (C=O) groups excluding carboxylic acids is 1. The van der Waals surface area contributed by atoms with E-state index in [1.54, 1.807) is 24.3 Å². The number of aromatic amines is 1. The molecule has 0 aliphatic heterocycles. The molecule has 1 atom stereocenters. The van der Waals surface area contributed by atoms with Crippen molar-refractivity contribution in [1.29, 1.82) is 0 Å². The number of phenols is 1. The van der Waals surface area contributed by atoms with Crippen LogP contribution >= 0.6 is 22.7 Å². The maximum Gasteiger partial charge on any atom is 0.349 e. The molecule has 0 unspecified atom stereocenters. The van der Waals surface area contributed by atoms with Crippen molar-refractivity contribution in [3.8, 4) is 5.75 Å². The Labute approximate surface area is 376 Å². The number of fused-ring (bicyclic) bond motifs is 4. The summed E-state index contributed by atoms with van der Waals surface area (Å²) in [5.41, 5.74) is 3.01. The fourth-order valence-electron chi connectivity index (χ4n) is 8.58. The van der Waals surface area contributed by atoms with Gasteiger partial charge in [0.1, 0.15) is 22.9 Å². The fraction of sp³-hybridized carbons (Fsp3) is 0.457. The van der Waals surface area contributed by atoms with E-state index in [0.717, 1.165) is 77.1 Å². The minimum Gasteiger partial charge on any atom is -0.506 e. The number of phenolic OH excluding ortho intramolecular Hbond substituents is 1. The highest BCUT2D eigenvalue weighted by Gasteiger charge is 2.45. The highest BCUT2D eigenvalue weighted by atomic mass is 32.1. The van der Waals surface area contributed by atoms with E-state index in [1.807, 2.05) is 51.6 Å². The van der Waals surface area contributed by atoms with Crippen LogP contribution in [0.2, 0.25) is 18.1 Å². The minimum absolute atomic E-state index is 0.0214. The molecular weight excluding hydrogens is 853 g/mol. The first-order valence-electron chi connectivity index (χ1n) is 21.7. The van der Waals surface area contributed by atoms with Crippen molar-refractivity contribution in [2.24, 2.45) is 7.05 Å². The molecule has 5 heterocycles. The largest absolute Gasteiger partial charge is 0.506 e. The molecule has 0 radical (unpaired) electrons. The van der Waals surface area contributed by atoms with Crippen LogP contribution in [0.3, 0.4) is 0 Å². The van der Waals surface area contributed by atoms with Gasteiger partial charge >= 0.3 is 5.97 Å². The molecule has 4 N–H and O–H groups in total. The molecule has 1 aliphatic rings. The Hall–Kier alpha value is -4.75. The Morgan fingerprint density at radius 1 is 1.03 bits per heavy atom. The van der Waals surface area contributed by atoms with E-state index in [-0.39, 0.29) is 28.6 Å². The quantitative estimate of drug-likeness (QED) is 0.0548. The number of aromatic nitrogens is 6. The molecular formula is C46H58N8O6S2Si. The summed E-state index contributed by atoms with van der Waals surface area (Å²) < 4.78 is 16.9. The van der Waals surface area contributed by atoms with E-state index in [1.165, 1.54) is 28.7 Å². The van der Waals surface area contributed by atoms with Gasteiger partial charge in [-0.25, -0.2) is 9.48 Å². The van der Waals surface area contributed by atoms with Gasteiger partial charge in [0.2, 0.25) is 11.2 Å². The van der Waals surface area contributed by atoms with Gasteiger partial charge in [0, 0.05) is 49.6 Å². The number of thiophene rings is 2. The van der Waals surface area contributed by atoms with Gasteiger partial charge in [-0.15, -0.1) is 27.8 Å². The minimum atomic E-state index is -2.26. The van der Waals surface area contributed by atoms with Crippen molar-refractivity contribution in [3.05, 3.63) is 103 Å². The molecule has 17 heteroatoms. The van der Waals surface area contributed by atoms with Crippen LogP contribution in [0.1, 0.15) is 79.9 Å². The van der Waals surface area contributed by atoms with Gasteiger partial charge in [0.05, 0.1) is 33.1 Å². The van der Waals surface area contributed by atoms with Crippen molar-refractivity contribution in [2.75, 3.05) is 20.1 Å². The summed E-state index contributed by atoms with van der Waals surface area (Å²) in [5.74, 6) is -0.580. The maximum absolute atomic E-state index is 13.5. The number of aliphatic hydroxyl groups is 1. The van der Waals surface area contributed by atoms with Crippen LogP contribution in [0.4, 0.5) is 0 Å². The molecule has 0 bridgehead atoms. The van der Waals surface area contributed by atoms with Gasteiger partial charge in [-0.2, -0.15) is 5.10 Å². The van der Waals surface area contributed by atoms with Crippen molar-refractivity contribution >= 4 is 69.8 Å². The molecule has 2 aromatic carbocycles. The van der Waals surface area contributed by atoms with Gasteiger partial charge in [0.25, 0.3) is 0 Å². The summed E-state index contributed by atoms with van der Waals surface area (Å²) in [7, 11) is 1.85. The van der Waals surface area contributed by atoms with Gasteiger partial charge in [-0.1, -0.05) is 44.2 Å². The number of nitrogens with one attached hydrogen (secondary N) is 2. The van der Waals surface area contributed by atoms with E-state index >= 15 is 0 Å². The van der Waals surface area contributed by atoms with Gasteiger partial charge in [0.15, 0.2) is 8.32 Å². The zero-order chi connectivity index (χ0) is 44.7. The zero-order valence-electron chi connectivity index (χ0n) is 37.1. The number of esters is 1. The number of ether oxygens (including phenoxy) is 1. The summed E-state index contributed by atoms with van der Waals surface area (Å²) in [6, 6.07) is 16.5. The SMILES string of the molecule is Cn1ncc2c(CNC[C@H](O[Si](C)(C)C(C)(C)C)c3ccc(O)c4[nH]c(=O)ccc34)cc3nnn(CCCN(C)[C@H]4CC[C@H](OC(=O)C(O)(c5cccs5)c5cccs5)CC4)c3c21. The van der Waals surface area contributed by atoms with E-state index in [4.69, 9.17) is 9.16 Å². The van der Waals surface area contributed by atoms with Gasteiger partial charge < -0.3 is 34.6 Å². The average molecular weight is 911 g/mol. The monoisotopic (exact) mass is 910 g/mol. The van der Waals surface area contributed by atoms with Crippen molar-refractivity contribution < 1.29 is 24.2 Å². The number of hydrogen-bond donors (Lipinski definition) is 4. The topological polar surface area (TPSA) is 173 Å². The lowest BCUT2D eigenvalue weighted by atomic mass is 9.91. The molecule has 5 aromatic heterocycles. The summed E-state index contributed by atoms with van der Waals surface area (Å²) in [6.45, 7) is 13.7. The summed E-state index contributed by atoms with van der Waals surface area (Å²) in [6.07, 6.45) is 5.49. The molecule has 7 aromatic rings. The second kappa shape index (κ2) is 18.0. The van der Waals surface area contributed by atoms with Crippen LogP contribution in [0.15, 0.2) is 76.3 Å². The number of nitrogens with zero attached hydrogens (tertiary/aromatic N) is 6. The number of aryl methyl sites for hydroxylation is 2. The number of hydrogen-bond acceptors (Lipinski definition) is 13. The van der Waals surface area contributed by atoms with Crippen LogP contribution in [0, 0.1) is 0 Å². The molecule has 1 aliphatic carbocycles.